The summed E-state index contributed by atoms with van der Waals surface area (Å²) in [5.41, 5.74) is 4.28. The molecule has 0 saturated heterocycles. The number of aldehydes is 1. The minimum absolute atomic E-state index is 0.0182. The second-order valence-electron chi connectivity index (χ2n) is 7.80. The third-order valence-corrected chi connectivity index (χ3v) is 5.70. The van der Waals surface area contributed by atoms with E-state index in [0.29, 0.717) is 24.8 Å². The van der Waals surface area contributed by atoms with Crippen LogP contribution in [0.25, 0.3) is 17.2 Å². The normalized spacial score (nSPS) is 12.2. The molecule has 0 saturated carbocycles. The van der Waals surface area contributed by atoms with Crippen LogP contribution in [0.4, 0.5) is 10.5 Å². The van der Waals surface area contributed by atoms with Gasteiger partial charge in [-0.3, -0.25) is 14.9 Å². The number of nitrogens with one attached hydrogen (secondary N) is 1. The van der Waals surface area contributed by atoms with Crippen LogP contribution in [0.3, 0.4) is 0 Å². The summed E-state index contributed by atoms with van der Waals surface area (Å²) in [6.07, 6.45) is 3.56. The number of hydrogen-bond acceptors (Lipinski definition) is 6. The van der Waals surface area contributed by atoms with Crippen molar-refractivity contribution in [3.63, 3.8) is 0 Å². The number of nitro groups is 1. The molecule has 3 aromatic rings. The predicted octanol–water partition coefficient (Wildman–Crippen LogP) is 5.05. The number of carbonyl (C=O) groups is 2. The molecular formula is C26H22N2O6. The van der Waals surface area contributed by atoms with Gasteiger partial charge in [-0.2, -0.15) is 0 Å². The van der Waals surface area contributed by atoms with Gasteiger partial charge in [-0.05, 0) is 40.3 Å². The van der Waals surface area contributed by atoms with Gasteiger partial charge in [-0.25, -0.2) is 4.79 Å². The highest BCUT2D eigenvalue weighted by Crippen LogP contribution is 2.44. The molecule has 172 valence electrons. The number of phenolic OH excluding ortho intramolecular Hbond substituents is 1. The summed E-state index contributed by atoms with van der Waals surface area (Å²) in [6.45, 7) is 0.523. The Morgan fingerprint density at radius 1 is 1.09 bits per heavy atom. The number of fused-ring (bicyclic) bond motifs is 3. The van der Waals surface area contributed by atoms with Crippen LogP contribution in [0, 0.1) is 10.1 Å². The molecule has 0 aliphatic heterocycles. The number of amides is 1. The number of rotatable bonds is 8. The van der Waals surface area contributed by atoms with Gasteiger partial charge < -0.3 is 15.2 Å². The highest BCUT2D eigenvalue weighted by atomic mass is 16.6. The Kier molecular flexibility index (Phi) is 6.68. The van der Waals surface area contributed by atoms with Gasteiger partial charge >= 0.3 is 11.8 Å². The number of nitro benzene ring substituents is 1. The molecule has 1 amide bonds. The van der Waals surface area contributed by atoms with E-state index in [1.165, 1.54) is 12.1 Å². The SMILES string of the molecule is O=Cc1cc(C=CCCNC(=O)OCC2c3ccccc3-c3ccccc32)cc([N+](=O)[O-])c1O. The number of nitrogens with zero attached hydrogens (tertiary/aromatic N) is 1. The maximum absolute atomic E-state index is 12.2. The lowest BCUT2D eigenvalue weighted by molar-refractivity contribution is -0.385. The van der Waals surface area contributed by atoms with Crippen LogP contribution < -0.4 is 5.32 Å². The fourth-order valence-corrected chi connectivity index (χ4v) is 4.12. The summed E-state index contributed by atoms with van der Waals surface area (Å²) in [6, 6.07) is 18.7. The Balaban J connectivity index is 1.30. The Morgan fingerprint density at radius 2 is 1.74 bits per heavy atom. The summed E-state index contributed by atoms with van der Waals surface area (Å²) in [5.74, 6) is -0.676. The third-order valence-electron chi connectivity index (χ3n) is 5.70. The van der Waals surface area contributed by atoms with Gasteiger partial charge in [0.25, 0.3) is 0 Å². The average molecular weight is 458 g/mol. The van der Waals surface area contributed by atoms with E-state index >= 15 is 0 Å². The first-order valence-electron chi connectivity index (χ1n) is 10.7. The van der Waals surface area contributed by atoms with E-state index in [4.69, 9.17) is 4.74 Å². The van der Waals surface area contributed by atoms with Gasteiger partial charge in [0.2, 0.25) is 5.75 Å². The van der Waals surface area contributed by atoms with E-state index in [1.54, 1.807) is 12.2 Å². The van der Waals surface area contributed by atoms with Crippen molar-refractivity contribution in [3.05, 3.63) is 99.1 Å². The van der Waals surface area contributed by atoms with E-state index < -0.39 is 22.5 Å². The molecule has 0 bridgehead atoms. The van der Waals surface area contributed by atoms with Gasteiger partial charge in [-0.15, -0.1) is 0 Å². The van der Waals surface area contributed by atoms with Gasteiger partial charge in [0.15, 0.2) is 6.29 Å². The molecule has 0 spiro atoms. The zero-order chi connectivity index (χ0) is 24.1. The fourth-order valence-electron chi connectivity index (χ4n) is 4.12. The number of phenols is 1. The van der Waals surface area contributed by atoms with Crippen molar-refractivity contribution in [1.29, 1.82) is 0 Å². The molecule has 2 N–H and O–H groups in total. The molecule has 0 radical (unpaired) electrons. The van der Waals surface area contributed by atoms with Crippen LogP contribution in [-0.2, 0) is 4.74 Å². The lowest BCUT2D eigenvalue weighted by Crippen LogP contribution is -2.26. The zero-order valence-electron chi connectivity index (χ0n) is 18.1. The maximum Gasteiger partial charge on any atom is 0.407 e. The van der Waals surface area contributed by atoms with Crippen molar-refractivity contribution in [1.82, 2.24) is 5.32 Å². The number of ether oxygens (including phenoxy) is 1. The summed E-state index contributed by atoms with van der Waals surface area (Å²) in [5, 5.41) is 23.4. The van der Waals surface area contributed by atoms with E-state index in [9.17, 15) is 24.8 Å². The van der Waals surface area contributed by atoms with Crippen LogP contribution in [0.1, 0.15) is 39.4 Å². The van der Waals surface area contributed by atoms with Crippen molar-refractivity contribution < 1.29 is 24.4 Å². The lowest BCUT2D eigenvalue weighted by Gasteiger charge is -2.14. The van der Waals surface area contributed by atoms with E-state index in [-0.39, 0.29) is 18.1 Å². The number of benzene rings is 3. The molecule has 3 aromatic carbocycles. The highest BCUT2D eigenvalue weighted by molar-refractivity contribution is 5.84. The third kappa shape index (κ3) is 4.66. The molecule has 34 heavy (non-hydrogen) atoms. The summed E-state index contributed by atoms with van der Waals surface area (Å²) in [7, 11) is 0. The van der Waals surface area contributed by atoms with Gasteiger partial charge in [0.05, 0.1) is 10.5 Å². The first kappa shape index (κ1) is 22.7. The molecule has 1 aliphatic rings. The molecule has 0 fully saturated rings. The van der Waals surface area contributed by atoms with Crippen molar-refractivity contribution in [3.8, 4) is 16.9 Å². The van der Waals surface area contributed by atoms with Crippen molar-refractivity contribution in [2.45, 2.75) is 12.3 Å². The second-order valence-corrected chi connectivity index (χ2v) is 7.80. The predicted molar refractivity (Wildman–Crippen MR) is 127 cm³/mol. The largest absolute Gasteiger partial charge is 0.502 e. The van der Waals surface area contributed by atoms with E-state index in [0.717, 1.165) is 22.3 Å². The van der Waals surface area contributed by atoms with Crippen LogP contribution in [0.5, 0.6) is 5.75 Å². The number of hydrogen-bond donors (Lipinski definition) is 2. The topological polar surface area (TPSA) is 119 Å². The first-order chi connectivity index (χ1) is 16.5. The highest BCUT2D eigenvalue weighted by Gasteiger charge is 2.28. The molecule has 1 aliphatic carbocycles. The van der Waals surface area contributed by atoms with Gasteiger partial charge in [0.1, 0.15) is 6.61 Å². The van der Waals surface area contributed by atoms with E-state index in [1.807, 2.05) is 24.3 Å². The molecule has 0 unspecified atom stereocenters. The summed E-state index contributed by atoms with van der Waals surface area (Å²) >= 11 is 0. The molecule has 8 nitrogen and oxygen atoms in total. The minimum Gasteiger partial charge on any atom is -0.502 e. The number of carbonyl (C=O) groups excluding carboxylic acids is 2. The summed E-state index contributed by atoms with van der Waals surface area (Å²) < 4.78 is 5.47. The van der Waals surface area contributed by atoms with Crippen molar-refractivity contribution in [2.24, 2.45) is 0 Å². The van der Waals surface area contributed by atoms with Gasteiger partial charge in [-0.1, -0.05) is 60.7 Å². The van der Waals surface area contributed by atoms with Crippen LogP contribution in [0.15, 0.2) is 66.7 Å². The second kappa shape index (κ2) is 9.99. The van der Waals surface area contributed by atoms with Gasteiger partial charge in [0, 0.05) is 18.5 Å². The monoisotopic (exact) mass is 458 g/mol. The molecule has 8 heteroatoms. The molecular weight excluding hydrogens is 436 g/mol. The average Bonchev–Trinajstić information content (AvgIpc) is 3.16. The first-order valence-corrected chi connectivity index (χ1v) is 10.7. The van der Waals surface area contributed by atoms with E-state index in [2.05, 4.69) is 29.6 Å². The Hall–Kier alpha value is -4.46. The maximum atomic E-state index is 12.2. The quantitative estimate of drug-likeness (QED) is 0.211. The standard InChI is InChI=1S/C26H22N2O6/c29-15-18-13-17(14-24(25(18)30)28(32)33)7-5-6-12-27-26(31)34-16-23-21-10-3-1-8-19(21)20-9-2-4-11-22(20)23/h1-5,7-11,13-15,23,30H,6,12,16H2,(H,27,31). The molecule has 0 aromatic heterocycles. The molecule has 0 heterocycles. The van der Waals surface area contributed by atoms with Crippen LogP contribution in [-0.4, -0.2) is 35.6 Å². The van der Waals surface area contributed by atoms with Crippen LogP contribution >= 0.6 is 0 Å². The molecule has 0 atom stereocenters. The summed E-state index contributed by atoms with van der Waals surface area (Å²) in [4.78, 5) is 33.5. The Bertz CT molecular complexity index is 1240. The molecule has 4 rings (SSSR count). The van der Waals surface area contributed by atoms with Crippen LogP contribution in [0.2, 0.25) is 0 Å². The minimum atomic E-state index is -0.752. The van der Waals surface area contributed by atoms with Crippen molar-refractivity contribution in [2.75, 3.05) is 13.2 Å². The fraction of sp³-hybridized carbons (Fsp3) is 0.154. The zero-order valence-corrected chi connectivity index (χ0v) is 18.1. The Labute approximate surface area is 195 Å². The number of aromatic hydroxyl groups is 1. The lowest BCUT2D eigenvalue weighted by atomic mass is 9.98. The number of alkyl carbamates (subject to hydrolysis) is 1. The smallest absolute Gasteiger partial charge is 0.407 e. The van der Waals surface area contributed by atoms with Crippen molar-refractivity contribution >= 4 is 24.1 Å². The Morgan fingerprint density at radius 3 is 2.35 bits per heavy atom.